The number of hydrogen-bond acceptors (Lipinski definition) is 4. The smallest absolute Gasteiger partial charge is 0.306 e. The minimum Gasteiger partial charge on any atom is -0.487 e. The molecule has 3 rings (SSSR count). The Hall–Kier alpha value is -2.36. The maximum atomic E-state index is 11.8. The molecule has 24 heavy (non-hydrogen) atoms. The third-order valence-corrected chi connectivity index (χ3v) is 4.33. The molecule has 0 aliphatic heterocycles. The second-order valence-corrected chi connectivity index (χ2v) is 6.09. The Labute approximate surface area is 142 Å². The minimum absolute atomic E-state index is 0.137. The fraction of sp³-hybridized carbons (Fsp3) is 0.400. The zero-order chi connectivity index (χ0) is 16.8. The van der Waals surface area contributed by atoms with Crippen molar-refractivity contribution in [2.24, 2.45) is 0 Å². The highest BCUT2D eigenvalue weighted by Crippen LogP contribution is 2.34. The number of benzene rings is 1. The molecule has 4 nitrogen and oxygen atoms in total. The number of hydrogen-bond donors (Lipinski definition) is 0. The Morgan fingerprint density at radius 2 is 2.12 bits per heavy atom. The van der Waals surface area contributed by atoms with Gasteiger partial charge in [0.1, 0.15) is 12.4 Å². The van der Waals surface area contributed by atoms with Crippen LogP contribution in [0.25, 0.3) is 0 Å². The Morgan fingerprint density at radius 1 is 1.29 bits per heavy atom. The van der Waals surface area contributed by atoms with E-state index in [0.29, 0.717) is 19.6 Å². The molecule has 0 saturated heterocycles. The van der Waals surface area contributed by atoms with Crippen molar-refractivity contribution in [3.63, 3.8) is 0 Å². The van der Waals surface area contributed by atoms with Crippen molar-refractivity contribution in [2.45, 2.75) is 45.1 Å². The lowest BCUT2D eigenvalue weighted by atomic mass is 9.84. The second-order valence-electron chi connectivity index (χ2n) is 6.09. The fourth-order valence-electron chi connectivity index (χ4n) is 3.18. The summed E-state index contributed by atoms with van der Waals surface area (Å²) in [6.07, 6.45) is 5.23. The van der Waals surface area contributed by atoms with Gasteiger partial charge in [-0.15, -0.1) is 0 Å². The molecule has 0 unspecified atom stereocenters. The van der Waals surface area contributed by atoms with Crippen molar-refractivity contribution >= 4 is 5.97 Å². The van der Waals surface area contributed by atoms with E-state index < -0.39 is 0 Å². The number of pyridine rings is 1. The molecule has 0 N–H and O–H groups in total. The van der Waals surface area contributed by atoms with E-state index in [0.717, 1.165) is 36.3 Å². The second kappa shape index (κ2) is 7.95. The summed E-state index contributed by atoms with van der Waals surface area (Å²) in [4.78, 5) is 16.4. The lowest BCUT2D eigenvalue weighted by Gasteiger charge is -2.24. The average molecular weight is 325 g/mol. The topological polar surface area (TPSA) is 48.4 Å². The maximum Gasteiger partial charge on any atom is 0.306 e. The summed E-state index contributed by atoms with van der Waals surface area (Å²) in [6, 6.07) is 12.2. The molecule has 1 atom stereocenters. The molecule has 0 radical (unpaired) electrons. The van der Waals surface area contributed by atoms with Crippen LogP contribution in [0.4, 0.5) is 0 Å². The van der Waals surface area contributed by atoms with E-state index in [1.165, 1.54) is 5.56 Å². The van der Waals surface area contributed by atoms with Gasteiger partial charge in [-0.05, 0) is 43.4 Å². The number of esters is 1. The lowest BCUT2D eigenvalue weighted by molar-refractivity contribution is -0.143. The van der Waals surface area contributed by atoms with Gasteiger partial charge in [0, 0.05) is 11.6 Å². The molecular formula is C20H23NO3. The van der Waals surface area contributed by atoms with Gasteiger partial charge >= 0.3 is 5.97 Å². The number of aromatic nitrogens is 1. The standard InChI is InChI=1S/C20H23NO3/c1-2-23-19(22)12-17-10-6-9-16-11-18(13-21-20(16)17)24-14-15-7-4-3-5-8-15/h3-5,7-8,11,13,17H,2,6,9-10,12,14H2,1H3/t17-/m0/s1. The van der Waals surface area contributed by atoms with E-state index in [1.54, 1.807) is 6.20 Å². The van der Waals surface area contributed by atoms with Crippen LogP contribution in [0.1, 0.15) is 48.9 Å². The molecule has 1 aliphatic carbocycles. The van der Waals surface area contributed by atoms with Gasteiger partial charge in [-0.3, -0.25) is 9.78 Å². The highest BCUT2D eigenvalue weighted by atomic mass is 16.5. The summed E-state index contributed by atoms with van der Waals surface area (Å²) in [7, 11) is 0. The quantitative estimate of drug-likeness (QED) is 0.752. The Balaban J connectivity index is 1.67. The molecule has 1 aromatic heterocycles. The summed E-state index contributed by atoms with van der Waals surface area (Å²) in [5, 5.41) is 0. The molecule has 0 bridgehead atoms. The third-order valence-electron chi connectivity index (χ3n) is 4.33. The van der Waals surface area contributed by atoms with Crippen molar-refractivity contribution in [1.82, 2.24) is 4.98 Å². The van der Waals surface area contributed by atoms with Crippen LogP contribution < -0.4 is 4.74 Å². The molecule has 4 heteroatoms. The largest absolute Gasteiger partial charge is 0.487 e. The maximum absolute atomic E-state index is 11.8. The first-order valence-electron chi connectivity index (χ1n) is 8.57. The summed E-state index contributed by atoms with van der Waals surface area (Å²) < 4.78 is 10.9. The summed E-state index contributed by atoms with van der Waals surface area (Å²) >= 11 is 0. The van der Waals surface area contributed by atoms with Crippen LogP contribution in [0, 0.1) is 0 Å². The van der Waals surface area contributed by atoms with Gasteiger partial charge in [0.25, 0.3) is 0 Å². The van der Waals surface area contributed by atoms with Crippen LogP contribution in [0.3, 0.4) is 0 Å². The summed E-state index contributed by atoms with van der Waals surface area (Å²) in [5.41, 5.74) is 3.36. The van der Waals surface area contributed by atoms with Gasteiger partial charge in [0.05, 0.1) is 19.2 Å². The van der Waals surface area contributed by atoms with Crippen LogP contribution in [-0.4, -0.2) is 17.6 Å². The molecule has 0 saturated carbocycles. The molecule has 2 aromatic rings. The van der Waals surface area contributed by atoms with Crippen molar-refractivity contribution in [2.75, 3.05) is 6.61 Å². The molecule has 0 amide bonds. The number of nitrogens with zero attached hydrogens (tertiary/aromatic N) is 1. The van der Waals surface area contributed by atoms with Gasteiger partial charge in [-0.25, -0.2) is 0 Å². The van der Waals surface area contributed by atoms with Crippen molar-refractivity contribution < 1.29 is 14.3 Å². The predicted octanol–water partition coefficient (Wildman–Crippen LogP) is 4.03. The summed E-state index contributed by atoms with van der Waals surface area (Å²) in [6.45, 7) is 2.80. The van der Waals surface area contributed by atoms with E-state index in [9.17, 15) is 4.79 Å². The number of aryl methyl sites for hydroxylation is 1. The van der Waals surface area contributed by atoms with Crippen LogP contribution in [0.15, 0.2) is 42.6 Å². The van der Waals surface area contributed by atoms with Crippen LogP contribution in [0.5, 0.6) is 5.75 Å². The average Bonchev–Trinajstić information content (AvgIpc) is 2.61. The highest BCUT2D eigenvalue weighted by Gasteiger charge is 2.25. The molecule has 0 fully saturated rings. The highest BCUT2D eigenvalue weighted by molar-refractivity contribution is 5.70. The normalized spacial score (nSPS) is 16.3. The van der Waals surface area contributed by atoms with Gasteiger partial charge in [0.15, 0.2) is 0 Å². The van der Waals surface area contributed by atoms with Crippen LogP contribution in [-0.2, 0) is 22.6 Å². The Morgan fingerprint density at radius 3 is 2.92 bits per heavy atom. The van der Waals surface area contributed by atoms with Gasteiger partial charge in [-0.2, -0.15) is 0 Å². The number of ether oxygens (including phenoxy) is 2. The number of carbonyl (C=O) groups excluding carboxylic acids is 1. The number of fused-ring (bicyclic) bond motifs is 1. The fourth-order valence-corrected chi connectivity index (χ4v) is 3.18. The van der Waals surface area contributed by atoms with E-state index in [1.807, 2.05) is 37.3 Å². The predicted molar refractivity (Wildman–Crippen MR) is 91.9 cm³/mol. The number of carbonyl (C=O) groups is 1. The number of rotatable bonds is 6. The van der Waals surface area contributed by atoms with E-state index in [4.69, 9.17) is 9.47 Å². The van der Waals surface area contributed by atoms with Crippen molar-refractivity contribution in [3.8, 4) is 5.75 Å². The van der Waals surface area contributed by atoms with Gasteiger partial charge in [-0.1, -0.05) is 30.3 Å². The van der Waals surface area contributed by atoms with E-state index >= 15 is 0 Å². The van der Waals surface area contributed by atoms with Crippen LogP contribution in [0.2, 0.25) is 0 Å². The summed E-state index contributed by atoms with van der Waals surface area (Å²) in [5.74, 6) is 0.812. The van der Waals surface area contributed by atoms with Gasteiger partial charge in [0.2, 0.25) is 0 Å². The third kappa shape index (κ3) is 4.13. The SMILES string of the molecule is CCOC(=O)C[C@@H]1CCCc2cc(OCc3ccccc3)cnc21. The molecular weight excluding hydrogens is 302 g/mol. The van der Waals surface area contributed by atoms with Gasteiger partial charge < -0.3 is 9.47 Å². The first-order chi connectivity index (χ1) is 11.8. The van der Waals surface area contributed by atoms with Crippen molar-refractivity contribution in [1.29, 1.82) is 0 Å². The Bertz CT molecular complexity index is 685. The first kappa shape index (κ1) is 16.5. The molecule has 1 heterocycles. The zero-order valence-corrected chi connectivity index (χ0v) is 14.0. The molecule has 1 aromatic carbocycles. The molecule has 126 valence electrons. The lowest BCUT2D eigenvalue weighted by Crippen LogP contribution is -2.17. The Kier molecular flexibility index (Phi) is 5.47. The van der Waals surface area contributed by atoms with E-state index in [2.05, 4.69) is 11.1 Å². The van der Waals surface area contributed by atoms with Crippen LogP contribution >= 0.6 is 0 Å². The monoisotopic (exact) mass is 325 g/mol. The molecule has 1 aliphatic rings. The zero-order valence-electron chi connectivity index (χ0n) is 14.0. The first-order valence-corrected chi connectivity index (χ1v) is 8.57. The van der Waals surface area contributed by atoms with E-state index in [-0.39, 0.29) is 11.9 Å². The van der Waals surface area contributed by atoms with Crippen molar-refractivity contribution in [3.05, 3.63) is 59.4 Å². The minimum atomic E-state index is -0.137. The molecule has 0 spiro atoms.